The van der Waals surface area contributed by atoms with E-state index in [0.29, 0.717) is 15.2 Å². The monoisotopic (exact) mass is 273 g/mol. The first-order valence-electron chi connectivity index (χ1n) is 4.52. The van der Waals surface area contributed by atoms with Crippen molar-refractivity contribution in [2.24, 2.45) is 5.84 Å². The van der Waals surface area contributed by atoms with Gasteiger partial charge in [0.2, 0.25) is 0 Å². The summed E-state index contributed by atoms with van der Waals surface area (Å²) in [4.78, 5) is 5.19. The quantitative estimate of drug-likeness (QED) is 0.648. The smallest absolute Gasteiger partial charge is 0.197 e. The summed E-state index contributed by atoms with van der Waals surface area (Å²) in [6.45, 7) is 1.90. The molecule has 6 heteroatoms. The van der Waals surface area contributed by atoms with Crippen molar-refractivity contribution in [2.45, 2.75) is 6.92 Å². The number of thiazole rings is 1. The lowest BCUT2D eigenvalue weighted by Gasteiger charge is -2.04. The Morgan fingerprint density at radius 3 is 2.44 bits per heavy atom. The van der Waals surface area contributed by atoms with Crippen LogP contribution in [0.5, 0.6) is 0 Å². The molecule has 84 valence electrons. The molecule has 0 saturated carbocycles. The van der Waals surface area contributed by atoms with Crippen LogP contribution in [-0.4, -0.2) is 4.98 Å². The van der Waals surface area contributed by atoms with E-state index in [4.69, 9.17) is 29.0 Å². The predicted molar refractivity (Wildman–Crippen MR) is 70.1 cm³/mol. The Morgan fingerprint density at radius 1 is 1.31 bits per heavy atom. The summed E-state index contributed by atoms with van der Waals surface area (Å²) in [5.41, 5.74) is 4.18. The topological polar surface area (TPSA) is 50.9 Å². The number of hydrogen-bond acceptors (Lipinski definition) is 4. The molecule has 16 heavy (non-hydrogen) atoms. The number of aryl methyl sites for hydroxylation is 1. The van der Waals surface area contributed by atoms with E-state index < -0.39 is 0 Å². The maximum Gasteiger partial charge on any atom is 0.197 e. The fraction of sp³-hybridized carbons (Fsp3) is 0.100. The zero-order chi connectivity index (χ0) is 11.7. The van der Waals surface area contributed by atoms with Crippen molar-refractivity contribution in [3.05, 3.63) is 33.9 Å². The molecule has 2 aromatic rings. The molecule has 1 aromatic carbocycles. The summed E-state index contributed by atoms with van der Waals surface area (Å²) in [6.07, 6.45) is 0. The molecular formula is C10H9Cl2N3S. The van der Waals surface area contributed by atoms with Gasteiger partial charge < -0.3 is 0 Å². The summed E-state index contributed by atoms with van der Waals surface area (Å²) in [6, 6.07) is 5.42. The van der Waals surface area contributed by atoms with Gasteiger partial charge in [-0.3, -0.25) is 5.43 Å². The first-order valence-corrected chi connectivity index (χ1v) is 6.09. The highest BCUT2D eigenvalue weighted by Gasteiger charge is 2.15. The van der Waals surface area contributed by atoms with Gasteiger partial charge in [-0.15, -0.1) is 0 Å². The first-order chi connectivity index (χ1) is 7.63. The third-order valence-corrected chi connectivity index (χ3v) is 3.85. The Labute approximate surface area is 107 Å². The van der Waals surface area contributed by atoms with Crippen molar-refractivity contribution in [3.8, 4) is 10.4 Å². The number of nitrogen functional groups attached to an aromatic ring is 1. The Balaban J connectivity index is 2.62. The van der Waals surface area contributed by atoms with E-state index in [1.165, 1.54) is 11.3 Å². The molecule has 0 aliphatic carbocycles. The van der Waals surface area contributed by atoms with Gasteiger partial charge in [0, 0.05) is 5.56 Å². The number of anilines is 1. The lowest BCUT2D eigenvalue weighted by atomic mass is 10.1. The van der Waals surface area contributed by atoms with Gasteiger partial charge in [0.05, 0.1) is 20.6 Å². The molecule has 1 aromatic heterocycles. The third-order valence-electron chi connectivity index (χ3n) is 2.11. The highest BCUT2D eigenvalue weighted by Crippen LogP contribution is 2.40. The van der Waals surface area contributed by atoms with Gasteiger partial charge in [-0.25, -0.2) is 10.8 Å². The minimum absolute atomic E-state index is 0.614. The van der Waals surface area contributed by atoms with Crippen LogP contribution in [0, 0.1) is 6.92 Å². The van der Waals surface area contributed by atoms with Crippen LogP contribution in [-0.2, 0) is 0 Å². The maximum atomic E-state index is 6.13. The van der Waals surface area contributed by atoms with Crippen molar-refractivity contribution >= 4 is 39.7 Å². The Hall–Kier alpha value is -0.810. The second-order valence-electron chi connectivity index (χ2n) is 3.17. The Kier molecular flexibility index (Phi) is 3.35. The number of nitrogens with one attached hydrogen (secondary N) is 1. The number of halogens is 2. The fourth-order valence-electron chi connectivity index (χ4n) is 1.40. The van der Waals surface area contributed by atoms with Crippen LogP contribution < -0.4 is 11.3 Å². The van der Waals surface area contributed by atoms with Crippen LogP contribution >= 0.6 is 34.5 Å². The van der Waals surface area contributed by atoms with E-state index in [1.807, 2.05) is 13.0 Å². The van der Waals surface area contributed by atoms with Crippen LogP contribution in [0.15, 0.2) is 18.2 Å². The fourth-order valence-corrected chi connectivity index (χ4v) is 3.05. The molecule has 0 radical (unpaired) electrons. The minimum Gasteiger partial charge on any atom is -0.300 e. The summed E-state index contributed by atoms with van der Waals surface area (Å²) >= 11 is 13.7. The number of hydrazine groups is 1. The summed E-state index contributed by atoms with van der Waals surface area (Å²) in [5, 5.41) is 1.87. The van der Waals surface area contributed by atoms with Crippen molar-refractivity contribution in [1.82, 2.24) is 4.98 Å². The van der Waals surface area contributed by atoms with Gasteiger partial charge >= 0.3 is 0 Å². The van der Waals surface area contributed by atoms with E-state index in [-0.39, 0.29) is 0 Å². The molecule has 0 fully saturated rings. The van der Waals surface area contributed by atoms with E-state index in [0.717, 1.165) is 16.1 Å². The Bertz CT molecular complexity index is 505. The molecule has 0 aliphatic rings. The van der Waals surface area contributed by atoms with Gasteiger partial charge in [0.1, 0.15) is 0 Å². The Morgan fingerprint density at radius 2 is 1.94 bits per heavy atom. The van der Waals surface area contributed by atoms with Crippen LogP contribution in [0.3, 0.4) is 0 Å². The van der Waals surface area contributed by atoms with Crippen LogP contribution in [0.4, 0.5) is 5.13 Å². The summed E-state index contributed by atoms with van der Waals surface area (Å²) < 4.78 is 0. The number of rotatable bonds is 2. The van der Waals surface area contributed by atoms with Crippen molar-refractivity contribution in [2.75, 3.05) is 5.43 Å². The van der Waals surface area contributed by atoms with Gasteiger partial charge in [0.15, 0.2) is 5.13 Å². The zero-order valence-electron chi connectivity index (χ0n) is 8.42. The lowest BCUT2D eigenvalue weighted by molar-refractivity contribution is 1.22. The largest absolute Gasteiger partial charge is 0.300 e. The van der Waals surface area contributed by atoms with E-state index in [1.54, 1.807) is 12.1 Å². The van der Waals surface area contributed by atoms with E-state index in [2.05, 4.69) is 10.4 Å². The number of nitrogens with two attached hydrogens (primary N) is 1. The van der Waals surface area contributed by atoms with Gasteiger partial charge in [-0.1, -0.05) is 40.6 Å². The summed E-state index contributed by atoms with van der Waals surface area (Å²) in [5.74, 6) is 5.32. The molecule has 0 amide bonds. The molecule has 0 saturated heterocycles. The SMILES string of the molecule is Cc1nc(NN)sc1-c1c(Cl)cccc1Cl. The molecular weight excluding hydrogens is 265 g/mol. The van der Waals surface area contributed by atoms with Crippen LogP contribution in [0.2, 0.25) is 10.0 Å². The van der Waals surface area contributed by atoms with Crippen molar-refractivity contribution in [1.29, 1.82) is 0 Å². The predicted octanol–water partition coefficient (Wildman–Crippen LogP) is 3.71. The standard InChI is InChI=1S/C10H9Cl2N3S/c1-5-9(16-10(14-5)15-13)8-6(11)3-2-4-7(8)12/h2-4H,13H2,1H3,(H,14,15). The average molecular weight is 274 g/mol. The number of aromatic nitrogens is 1. The summed E-state index contributed by atoms with van der Waals surface area (Å²) in [7, 11) is 0. The molecule has 0 aliphatic heterocycles. The van der Waals surface area contributed by atoms with Crippen LogP contribution in [0.25, 0.3) is 10.4 Å². The van der Waals surface area contributed by atoms with E-state index >= 15 is 0 Å². The van der Waals surface area contributed by atoms with E-state index in [9.17, 15) is 0 Å². The molecule has 0 atom stereocenters. The molecule has 0 spiro atoms. The third kappa shape index (κ3) is 2.01. The highest BCUT2D eigenvalue weighted by atomic mass is 35.5. The molecule has 1 heterocycles. The van der Waals surface area contributed by atoms with Crippen molar-refractivity contribution in [3.63, 3.8) is 0 Å². The number of hydrogen-bond donors (Lipinski definition) is 2. The minimum atomic E-state index is 0.614. The molecule has 2 rings (SSSR count). The first kappa shape index (κ1) is 11.7. The lowest BCUT2D eigenvalue weighted by Crippen LogP contribution is -2.05. The normalized spacial score (nSPS) is 10.5. The molecule has 3 nitrogen and oxygen atoms in total. The number of benzene rings is 1. The molecule has 0 bridgehead atoms. The van der Waals surface area contributed by atoms with Gasteiger partial charge in [-0.05, 0) is 19.1 Å². The van der Waals surface area contributed by atoms with Crippen LogP contribution in [0.1, 0.15) is 5.69 Å². The molecule has 0 unspecified atom stereocenters. The van der Waals surface area contributed by atoms with Gasteiger partial charge in [0.25, 0.3) is 0 Å². The second kappa shape index (κ2) is 4.59. The maximum absolute atomic E-state index is 6.13. The highest BCUT2D eigenvalue weighted by molar-refractivity contribution is 7.19. The average Bonchev–Trinajstić information content (AvgIpc) is 2.60. The number of nitrogens with zero attached hydrogens (tertiary/aromatic N) is 1. The second-order valence-corrected chi connectivity index (χ2v) is 4.99. The van der Waals surface area contributed by atoms with Gasteiger partial charge in [-0.2, -0.15) is 0 Å². The zero-order valence-corrected chi connectivity index (χ0v) is 10.7. The van der Waals surface area contributed by atoms with Crippen molar-refractivity contribution < 1.29 is 0 Å². The molecule has 3 N–H and O–H groups in total.